The third-order valence-electron chi connectivity index (χ3n) is 2.13. The van der Waals surface area contributed by atoms with E-state index >= 15 is 0 Å². The predicted octanol–water partition coefficient (Wildman–Crippen LogP) is 2.09. The van der Waals surface area contributed by atoms with Crippen LogP contribution in [0.3, 0.4) is 0 Å². The molecule has 0 saturated heterocycles. The van der Waals surface area contributed by atoms with Gasteiger partial charge in [-0.05, 0) is 26.8 Å². The molecule has 1 amide bonds. The summed E-state index contributed by atoms with van der Waals surface area (Å²) in [5.74, 6) is 0.288. The van der Waals surface area contributed by atoms with Gasteiger partial charge in [0.25, 0.3) is 5.91 Å². The zero-order valence-electron chi connectivity index (χ0n) is 10.9. The zero-order chi connectivity index (χ0) is 13.8. The molecule has 0 radical (unpaired) electrons. The van der Waals surface area contributed by atoms with Crippen molar-refractivity contribution in [3.8, 4) is 5.75 Å². The Balaban J connectivity index is 2.66. The number of ether oxygens (including phenoxy) is 1. The highest BCUT2D eigenvalue weighted by Crippen LogP contribution is 2.28. The van der Waals surface area contributed by atoms with E-state index in [1.807, 2.05) is 26.8 Å². The number of carbonyl (C=O) groups is 1. The molecule has 0 spiro atoms. The molecule has 0 aliphatic heterocycles. The van der Waals surface area contributed by atoms with Gasteiger partial charge in [-0.15, -0.1) is 0 Å². The first-order valence-corrected chi connectivity index (χ1v) is 6.12. The topological polar surface area (TPSA) is 64.3 Å². The number of amides is 1. The van der Waals surface area contributed by atoms with E-state index in [0.717, 1.165) is 5.56 Å². The van der Waals surface area contributed by atoms with Crippen LogP contribution in [-0.2, 0) is 11.3 Å². The van der Waals surface area contributed by atoms with Gasteiger partial charge >= 0.3 is 0 Å². The van der Waals surface area contributed by atoms with E-state index in [2.05, 4.69) is 5.32 Å². The van der Waals surface area contributed by atoms with E-state index in [-0.39, 0.29) is 18.1 Å². The van der Waals surface area contributed by atoms with Crippen LogP contribution >= 0.6 is 11.6 Å². The number of nitrogens with one attached hydrogen (secondary N) is 1. The van der Waals surface area contributed by atoms with Gasteiger partial charge in [0.05, 0.1) is 5.02 Å². The van der Waals surface area contributed by atoms with Gasteiger partial charge in [0, 0.05) is 17.6 Å². The summed E-state index contributed by atoms with van der Waals surface area (Å²) in [7, 11) is 0. The number of carbonyl (C=O) groups excluding carboxylic acids is 1. The zero-order valence-corrected chi connectivity index (χ0v) is 11.7. The van der Waals surface area contributed by atoms with Crippen molar-refractivity contribution in [2.24, 2.45) is 5.73 Å². The number of nitrogens with two attached hydrogens (primary N) is 1. The standard InChI is InChI=1S/C13H19ClN2O2/c1-13(2,3)16-11(17)8-18-12-9(7-15)5-4-6-10(12)14/h4-6H,7-8,15H2,1-3H3,(H,16,17). The maximum atomic E-state index is 11.6. The molecule has 1 aromatic rings. The molecule has 1 rings (SSSR count). The van der Waals surface area contributed by atoms with Crippen LogP contribution < -0.4 is 15.8 Å². The fourth-order valence-corrected chi connectivity index (χ4v) is 1.72. The van der Waals surface area contributed by atoms with E-state index in [1.54, 1.807) is 12.1 Å². The molecule has 0 bridgehead atoms. The van der Waals surface area contributed by atoms with Gasteiger partial charge < -0.3 is 15.8 Å². The highest BCUT2D eigenvalue weighted by molar-refractivity contribution is 6.32. The monoisotopic (exact) mass is 270 g/mol. The Labute approximate surface area is 112 Å². The molecule has 18 heavy (non-hydrogen) atoms. The van der Waals surface area contributed by atoms with Crippen LogP contribution in [0.5, 0.6) is 5.75 Å². The van der Waals surface area contributed by atoms with Crippen molar-refractivity contribution in [1.29, 1.82) is 0 Å². The highest BCUT2D eigenvalue weighted by Gasteiger charge is 2.15. The van der Waals surface area contributed by atoms with Crippen LogP contribution in [0, 0.1) is 0 Å². The van der Waals surface area contributed by atoms with Gasteiger partial charge in [0.2, 0.25) is 0 Å². The minimum atomic E-state index is -0.280. The Morgan fingerprint density at radius 1 is 1.44 bits per heavy atom. The van der Waals surface area contributed by atoms with Crippen molar-refractivity contribution in [2.45, 2.75) is 32.9 Å². The molecule has 0 saturated carbocycles. The van der Waals surface area contributed by atoms with Crippen molar-refractivity contribution in [3.05, 3.63) is 28.8 Å². The number of hydrogen-bond acceptors (Lipinski definition) is 3. The molecule has 0 aliphatic carbocycles. The minimum absolute atomic E-state index is 0.0754. The summed E-state index contributed by atoms with van der Waals surface area (Å²) in [6.45, 7) is 5.97. The average Bonchev–Trinajstić information content (AvgIpc) is 2.24. The number of para-hydroxylation sites is 1. The summed E-state index contributed by atoms with van der Waals surface area (Å²) in [5, 5.41) is 3.27. The van der Waals surface area contributed by atoms with Crippen LogP contribution in [0.25, 0.3) is 0 Å². The van der Waals surface area contributed by atoms with Crippen molar-refractivity contribution >= 4 is 17.5 Å². The van der Waals surface area contributed by atoms with Crippen molar-refractivity contribution in [1.82, 2.24) is 5.32 Å². The second-order valence-electron chi connectivity index (χ2n) is 5.02. The van der Waals surface area contributed by atoms with Crippen molar-refractivity contribution in [3.63, 3.8) is 0 Å². The number of hydrogen-bond donors (Lipinski definition) is 2. The molecule has 0 aromatic heterocycles. The van der Waals surface area contributed by atoms with Crippen molar-refractivity contribution in [2.75, 3.05) is 6.61 Å². The predicted molar refractivity (Wildman–Crippen MR) is 72.7 cm³/mol. The molecule has 0 heterocycles. The quantitative estimate of drug-likeness (QED) is 0.881. The summed E-state index contributed by atoms with van der Waals surface area (Å²) in [6, 6.07) is 5.33. The van der Waals surface area contributed by atoms with E-state index in [0.29, 0.717) is 17.3 Å². The molecule has 3 N–H and O–H groups in total. The molecule has 100 valence electrons. The van der Waals surface area contributed by atoms with E-state index in [4.69, 9.17) is 22.1 Å². The molecule has 0 atom stereocenters. The first kappa shape index (κ1) is 14.8. The van der Waals surface area contributed by atoms with Gasteiger partial charge in [-0.3, -0.25) is 4.79 Å². The van der Waals surface area contributed by atoms with Gasteiger partial charge in [-0.2, -0.15) is 0 Å². The van der Waals surface area contributed by atoms with E-state index in [1.165, 1.54) is 0 Å². The first-order chi connectivity index (χ1) is 8.33. The summed E-state index contributed by atoms with van der Waals surface area (Å²) in [4.78, 5) is 11.6. The normalized spacial score (nSPS) is 11.2. The van der Waals surface area contributed by atoms with Crippen LogP contribution in [-0.4, -0.2) is 18.1 Å². The van der Waals surface area contributed by atoms with Gasteiger partial charge in [0.1, 0.15) is 5.75 Å². The Morgan fingerprint density at radius 3 is 2.67 bits per heavy atom. The SMILES string of the molecule is CC(C)(C)NC(=O)COc1c(Cl)cccc1CN. The lowest BCUT2D eigenvalue weighted by Crippen LogP contribution is -2.43. The van der Waals surface area contributed by atoms with Crippen LogP contribution in [0.2, 0.25) is 5.02 Å². The number of benzene rings is 1. The molecule has 4 nitrogen and oxygen atoms in total. The Morgan fingerprint density at radius 2 is 2.11 bits per heavy atom. The fraction of sp³-hybridized carbons (Fsp3) is 0.462. The first-order valence-electron chi connectivity index (χ1n) is 5.75. The van der Waals surface area contributed by atoms with Crippen LogP contribution in [0.4, 0.5) is 0 Å². The fourth-order valence-electron chi connectivity index (χ4n) is 1.47. The van der Waals surface area contributed by atoms with Crippen molar-refractivity contribution < 1.29 is 9.53 Å². The maximum Gasteiger partial charge on any atom is 0.258 e. The smallest absolute Gasteiger partial charge is 0.258 e. The van der Waals surface area contributed by atoms with Crippen LogP contribution in [0.15, 0.2) is 18.2 Å². The molecule has 0 fully saturated rings. The minimum Gasteiger partial charge on any atom is -0.482 e. The molecule has 1 aromatic carbocycles. The summed E-state index contributed by atoms with van der Waals surface area (Å²) >= 11 is 6.01. The lowest BCUT2D eigenvalue weighted by Gasteiger charge is -2.21. The average molecular weight is 271 g/mol. The number of rotatable bonds is 4. The van der Waals surface area contributed by atoms with Gasteiger partial charge in [-0.1, -0.05) is 23.7 Å². The molecule has 5 heteroatoms. The second-order valence-corrected chi connectivity index (χ2v) is 5.43. The van der Waals surface area contributed by atoms with Gasteiger partial charge in [0.15, 0.2) is 6.61 Å². The maximum absolute atomic E-state index is 11.6. The summed E-state index contributed by atoms with van der Waals surface area (Å²) in [5.41, 5.74) is 6.09. The lowest BCUT2D eigenvalue weighted by molar-refractivity contribution is -0.124. The molecular formula is C13H19ClN2O2. The van der Waals surface area contributed by atoms with E-state index in [9.17, 15) is 4.79 Å². The largest absolute Gasteiger partial charge is 0.482 e. The lowest BCUT2D eigenvalue weighted by atomic mass is 10.1. The third-order valence-corrected chi connectivity index (χ3v) is 2.43. The summed E-state index contributed by atoms with van der Waals surface area (Å²) in [6.07, 6.45) is 0. The Kier molecular flexibility index (Phi) is 4.99. The molecule has 0 aliphatic rings. The number of halogens is 1. The van der Waals surface area contributed by atoms with Gasteiger partial charge in [-0.25, -0.2) is 0 Å². The second kappa shape index (κ2) is 6.07. The Bertz CT molecular complexity index is 427. The highest BCUT2D eigenvalue weighted by atomic mass is 35.5. The molecular weight excluding hydrogens is 252 g/mol. The third kappa shape index (κ3) is 4.55. The Hall–Kier alpha value is -1.26. The van der Waals surface area contributed by atoms with Crippen LogP contribution in [0.1, 0.15) is 26.3 Å². The molecule has 0 unspecified atom stereocenters. The summed E-state index contributed by atoms with van der Waals surface area (Å²) < 4.78 is 5.44. The van der Waals surface area contributed by atoms with E-state index < -0.39 is 0 Å².